The monoisotopic (exact) mass is 469 g/mol. The van der Waals surface area contributed by atoms with E-state index in [9.17, 15) is 26.8 Å². The van der Waals surface area contributed by atoms with Gasteiger partial charge in [0.25, 0.3) is 6.43 Å². The van der Waals surface area contributed by atoms with Gasteiger partial charge in [-0.15, -0.1) is 4.31 Å². The van der Waals surface area contributed by atoms with Crippen LogP contribution in [0.5, 0.6) is 5.75 Å². The Morgan fingerprint density at radius 2 is 1.94 bits per heavy atom. The topological polar surface area (TPSA) is 125 Å². The first kappa shape index (κ1) is 24.8. The van der Waals surface area contributed by atoms with Crippen LogP contribution in [0.3, 0.4) is 0 Å². The Balaban J connectivity index is 2.48. The third-order valence-electron chi connectivity index (χ3n) is 4.60. The third kappa shape index (κ3) is 5.08. The highest BCUT2D eigenvalue weighted by Crippen LogP contribution is 2.35. The van der Waals surface area contributed by atoms with Gasteiger partial charge < -0.3 is 14.4 Å². The molecule has 14 heteroatoms. The van der Waals surface area contributed by atoms with Gasteiger partial charge in [-0.05, 0) is 12.1 Å². The van der Waals surface area contributed by atoms with Crippen molar-refractivity contribution in [3.8, 4) is 5.75 Å². The first-order valence-electron chi connectivity index (χ1n) is 9.03. The fourth-order valence-corrected chi connectivity index (χ4v) is 4.71. The molecule has 1 fully saturated rings. The largest absolute Gasteiger partial charge is 0.495 e. The van der Waals surface area contributed by atoms with Gasteiger partial charge >= 0.3 is 11.7 Å². The highest BCUT2D eigenvalue weighted by Gasteiger charge is 2.58. The molecule has 0 saturated carbocycles. The molecule has 1 aromatic carbocycles. The number of hydrogen-bond acceptors (Lipinski definition) is 7. The average molecular weight is 469 g/mol. The number of hydrogen-bond donors (Lipinski definition) is 2. The number of methoxy groups -OCH3 is 1. The summed E-state index contributed by atoms with van der Waals surface area (Å²) >= 11 is 0. The van der Waals surface area contributed by atoms with Crippen LogP contribution in [0.15, 0.2) is 29.2 Å². The second-order valence-corrected chi connectivity index (χ2v) is 8.22. The van der Waals surface area contributed by atoms with E-state index in [1.54, 1.807) is 0 Å². The molecule has 2 amide bonds. The number of amides is 2. The van der Waals surface area contributed by atoms with Gasteiger partial charge in [0.15, 0.2) is 0 Å². The lowest BCUT2D eigenvalue weighted by Gasteiger charge is -2.34. The number of nitrogens with one attached hydrogen (secondary N) is 1. The molecule has 10 nitrogen and oxygen atoms in total. The lowest BCUT2D eigenvalue weighted by atomic mass is 10.2. The van der Waals surface area contributed by atoms with Gasteiger partial charge in [0.2, 0.25) is 15.9 Å². The number of halogens is 3. The molecule has 1 saturated heterocycles. The Hall–Kier alpha value is -2.42. The number of benzene rings is 1. The van der Waals surface area contributed by atoms with Crippen molar-refractivity contribution in [1.82, 2.24) is 14.7 Å². The number of nitrogens with zero attached hydrogens (tertiary/aromatic N) is 2. The van der Waals surface area contributed by atoms with Gasteiger partial charge in [-0.25, -0.2) is 27.1 Å². The number of carbonyl (C=O) groups is 2. The summed E-state index contributed by atoms with van der Waals surface area (Å²) in [6.07, 6.45) is -4.89. The van der Waals surface area contributed by atoms with E-state index in [4.69, 9.17) is 14.7 Å². The molecule has 0 spiro atoms. The molecular weight excluding hydrogens is 447 g/mol. The van der Waals surface area contributed by atoms with Crippen LogP contribution in [0.25, 0.3) is 0 Å². The molecule has 0 radical (unpaired) electrons. The molecule has 0 aliphatic carbocycles. The molecule has 1 aliphatic heterocycles. The molecular formula is C17H22F3N3O7S. The molecule has 31 heavy (non-hydrogen) atoms. The van der Waals surface area contributed by atoms with Crippen LogP contribution in [0.2, 0.25) is 0 Å². The summed E-state index contributed by atoms with van der Waals surface area (Å²) in [7, 11) is -4.03. The number of sulfonamides is 1. The summed E-state index contributed by atoms with van der Waals surface area (Å²) in [6.45, 7) is -0.279. The average Bonchev–Trinajstić information content (AvgIpc) is 2.78. The minimum atomic E-state index is -5.14. The highest BCUT2D eigenvalue weighted by atomic mass is 32.2. The smallest absolute Gasteiger partial charge is 0.317 e. The van der Waals surface area contributed by atoms with Crippen LogP contribution < -0.4 is 10.2 Å². The molecule has 174 valence electrons. The molecule has 0 aromatic heterocycles. The summed E-state index contributed by atoms with van der Waals surface area (Å²) < 4.78 is 78.5. The summed E-state index contributed by atoms with van der Waals surface area (Å²) in [6, 6.07) is 4.79. The summed E-state index contributed by atoms with van der Waals surface area (Å²) in [5.74, 6) is -7.75. The number of hydroxylamine groups is 1. The third-order valence-corrected chi connectivity index (χ3v) is 6.52. The maximum Gasteiger partial charge on any atom is 0.317 e. The maximum absolute atomic E-state index is 15.3. The Kier molecular flexibility index (Phi) is 8.22. The Bertz CT molecular complexity index is 897. The Morgan fingerprint density at radius 3 is 2.48 bits per heavy atom. The van der Waals surface area contributed by atoms with E-state index in [-0.39, 0.29) is 32.1 Å². The summed E-state index contributed by atoms with van der Waals surface area (Å²) in [5.41, 5.74) is 0.727. The zero-order chi connectivity index (χ0) is 23.2. The minimum absolute atomic E-state index is 0.185. The molecule has 0 bridgehead atoms. The number of ether oxygens (including phenoxy) is 2. The van der Waals surface area contributed by atoms with Crippen LogP contribution >= 0.6 is 0 Å². The second-order valence-electron chi connectivity index (χ2n) is 6.39. The maximum atomic E-state index is 15.3. The van der Waals surface area contributed by atoms with E-state index >= 15 is 4.39 Å². The van der Waals surface area contributed by atoms with Crippen LogP contribution in [-0.2, 0) is 24.3 Å². The predicted octanol–water partition coefficient (Wildman–Crippen LogP) is 0.371. The van der Waals surface area contributed by atoms with Gasteiger partial charge in [0.05, 0.1) is 20.3 Å². The quantitative estimate of drug-likeness (QED) is 0.304. The normalized spacial score (nSPS) is 16.8. The van der Waals surface area contributed by atoms with Crippen LogP contribution in [0.1, 0.15) is 6.42 Å². The van der Waals surface area contributed by atoms with Crippen molar-refractivity contribution >= 4 is 21.8 Å². The molecule has 2 rings (SSSR count). The zero-order valence-corrected chi connectivity index (χ0v) is 17.3. The highest BCUT2D eigenvalue weighted by molar-refractivity contribution is 7.89. The predicted molar refractivity (Wildman–Crippen MR) is 98.7 cm³/mol. The first-order chi connectivity index (χ1) is 14.6. The van der Waals surface area contributed by atoms with Crippen molar-refractivity contribution in [3.63, 3.8) is 0 Å². The first-order valence-corrected chi connectivity index (χ1v) is 10.5. The van der Waals surface area contributed by atoms with Crippen molar-refractivity contribution in [2.24, 2.45) is 0 Å². The van der Waals surface area contributed by atoms with E-state index < -0.39 is 56.2 Å². The van der Waals surface area contributed by atoms with E-state index in [0.29, 0.717) is 0 Å². The molecule has 1 unspecified atom stereocenters. The zero-order valence-electron chi connectivity index (χ0n) is 16.5. The van der Waals surface area contributed by atoms with Gasteiger partial charge in [-0.3, -0.25) is 14.8 Å². The number of alkyl halides is 3. The number of carbonyl (C=O) groups excluding carboxylic acids is 2. The van der Waals surface area contributed by atoms with E-state index in [0.717, 1.165) is 18.7 Å². The molecule has 1 heterocycles. The van der Waals surface area contributed by atoms with Gasteiger partial charge in [-0.1, -0.05) is 12.1 Å². The molecule has 1 aliphatic rings. The number of rotatable bonds is 9. The minimum Gasteiger partial charge on any atom is -0.495 e. The van der Waals surface area contributed by atoms with Crippen molar-refractivity contribution in [1.29, 1.82) is 0 Å². The molecule has 1 aromatic rings. The van der Waals surface area contributed by atoms with Crippen molar-refractivity contribution < 1.29 is 45.9 Å². The van der Waals surface area contributed by atoms with E-state index in [1.165, 1.54) is 23.1 Å². The standard InChI is InChI=1S/C17H22F3N3O7S/c1-29-12-4-2-3-5-13(12)31(27,28)23(17(20,15(18)19)16(25)21-26)7-6-14(24)22-8-10-30-11-9-22/h2-5,15,26H,6-11H2,1H3,(H,21,25). The fourth-order valence-electron chi connectivity index (χ4n) is 2.98. The van der Waals surface area contributed by atoms with E-state index in [2.05, 4.69) is 0 Å². The van der Waals surface area contributed by atoms with Crippen LogP contribution in [0.4, 0.5) is 13.2 Å². The van der Waals surface area contributed by atoms with Gasteiger partial charge in [0, 0.05) is 26.1 Å². The second kappa shape index (κ2) is 10.3. The summed E-state index contributed by atoms with van der Waals surface area (Å²) in [5, 5.41) is 8.78. The van der Waals surface area contributed by atoms with Crippen molar-refractivity contribution in [3.05, 3.63) is 24.3 Å². The Morgan fingerprint density at radius 1 is 1.32 bits per heavy atom. The lowest BCUT2D eigenvalue weighted by molar-refractivity contribution is -0.170. The van der Waals surface area contributed by atoms with Crippen LogP contribution in [0, 0.1) is 0 Å². The lowest BCUT2D eigenvalue weighted by Crippen LogP contribution is -2.62. The number of para-hydroxylation sites is 1. The van der Waals surface area contributed by atoms with E-state index in [1.807, 2.05) is 0 Å². The van der Waals surface area contributed by atoms with Crippen molar-refractivity contribution in [2.75, 3.05) is 40.0 Å². The molecule has 2 N–H and O–H groups in total. The summed E-state index contributed by atoms with van der Waals surface area (Å²) in [4.78, 5) is 24.8. The van der Waals surface area contributed by atoms with Gasteiger partial charge in [-0.2, -0.15) is 0 Å². The van der Waals surface area contributed by atoms with Crippen molar-refractivity contribution in [2.45, 2.75) is 23.5 Å². The van der Waals surface area contributed by atoms with Crippen LogP contribution in [-0.4, -0.2) is 86.8 Å². The number of morpholine rings is 1. The van der Waals surface area contributed by atoms with Gasteiger partial charge in [0.1, 0.15) is 10.6 Å². The Labute approximate surface area is 176 Å². The molecule has 1 atom stereocenters. The fraction of sp³-hybridized carbons (Fsp3) is 0.529. The SMILES string of the molecule is COc1ccccc1S(=O)(=O)N(CCC(=O)N1CCOCC1)C(F)(C(=O)NO)C(F)F.